The third-order valence-electron chi connectivity index (χ3n) is 1.42. The Morgan fingerprint density at radius 1 is 1.75 bits per heavy atom. The van der Waals surface area contributed by atoms with Crippen LogP contribution >= 0.6 is 12.2 Å². The molecule has 1 heterocycles. The second kappa shape index (κ2) is 4.22. The molecular weight excluding hydrogens is 178 g/mol. The van der Waals surface area contributed by atoms with Crippen molar-refractivity contribution in [3.8, 4) is 0 Å². The SMILES string of the molecule is COCCN(C)c1noc(=S)[nH]1. The van der Waals surface area contributed by atoms with Gasteiger partial charge in [0.05, 0.1) is 6.61 Å². The van der Waals surface area contributed by atoms with E-state index in [-0.39, 0.29) is 4.84 Å². The Kier molecular flexibility index (Phi) is 3.24. The summed E-state index contributed by atoms with van der Waals surface area (Å²) in [6.07, 6.45) is 0. The molecule has 0 aliphatic rings. The van der Waals surface area contributed by atoms with Crippen molar-refractivity contribution in [2.24, 2.45) is 0 Å². The molecule has 0 saturated heterocycles. The Hall–Kier alpha value is -0.880. The van der Waals surface area contributed by atoms with Gasteiger partial charge < -0.3 is 14.2 Å². The summed E-state index contributed by atoms with van der Waals surface area (Å²) >= 11 is 4.72. The fourth-order valence-electron chi connectivity index (χ4n) is 0.721. The zero-order chi connectivity index (χ0) is 8.97. The Labute approximate surface area is 75.3 Å². The number of ether oxygens (including phenoxy) is 1. The van der Waals surface area contributed by atoms with Crippen molar-refractivity contribution >= 4 is 18.2 Å². The number of aromatic nitrogens is 2. The summed E-state index contributed by atoms with van der Waals surface area (Å²) in [7, 11) is 3.53. The van der Waals surface area contributed by atoms with Crippen LogP contribution in [0.25, 0.3) is 0 Å². The molecular formula is C6H11N3O2S. The lowest BCUT2D eigenvalue weighted by Crippen LogP contribution is -2.22. The van der Waals surface area contributed by atoms with Gasteiger partial charge in [-0.15, -0.1) is 0 Å². The molecule has 0 unspecified atom stereocenters. The molecule has 0 radical (unpaired) electrons. The lowest BCUT2D eigenvalue weighted by atomic mass is 10.6. The van der Waals surface area contributed by atoms with Crippen LogP contribution in [0.2, 0.25) is 0 Å². The van der Waals surface area contributed by atoms with E-state index in [0.29, 0.717) is 12.6 Å². The Morgan fingerprint density at radius 3 is 3.00 bits per heavy atom. The van der Waals surface area contributed by atoms with Gasteiger partial charge in [-0.2, -0.15) is 0 Å². The zero-order valence-electron chi connectivity index (χ0n) is 7.03. The Morgan fingerprint density at radius 2 is 2.50 bits per heavy atom. The molecule has 0 aromatic carbocycles. The largest absolute Gasteiger partial charge is 0.383 e. The van der Waals surface area contributed by atoms with Gasteiger partial charge in [0.15, 0.2) is 0 Å². The molecule has 6 heteroatoms. The maximum atomic E-state index is 4.90. The first-order valence-electron chi connectivity index (χ1n) is 3.50. The second-order valence-corrected chi connectivity index (χ2v) is 2.70. The quantitative estimate of drug-likeness (QED) is 0.710. The van der Waals surface area contributed by atoms with E-state index in [1.165, 1.54) is 0 Å². The van der Waals surface area contributed by atoms with Crippen LogP contribution in [0, 0.1) is 4.84 Å². The average Bonchev–Trinajstić information content (AvgIpc) is 2.47. The molecule has 0 amide bonds. The first kappa shape index (κ1) is 9.21. The molecule has 0 fully saturated rings. The maximum Gasteiger partial charge on any atom is 0.296 e. The smallest absolute Gasteiger partial charge is 0.296 e. The van der Waals surface area contributed by atoms with Crippen molar-refractivity contribution in [2.75, 3.05) is 32.2 Å². The molecule has 1 rings (SSSR count). The third-order valence-corrected chi connectivity index (χ3v) is 1.60. The standard InChI is InChI=1S/C6H11N3O2S/c1-9(3-4-10-2)5-7-6(12)11-8-5/h3-4H2,1-2H3,(H,7,8,12). The normalized spacial score (nSPS) is 10.2. The van der Waals surface area contributed by atoms with E-state index in [1.807, 2.05) is 11.9 Å². The van der Waals surface area contributed by atoms with Crippen LogP contribution in [0.15, 0.2) is 4.52 Å². The van der Waals surface area contributed by atoms with Crippen molar-refractivity contribution in [3.63, 3.8) is 0 Å². The minimum Gasteiger partial charge on any atom is -0.383 e. The summed E-state index contributed by atoms with van der Waals surface area (Å²) in [5, 5.41) is 3.70. The van der Waals surface area contributed by atoms with Crippen LogP contribution in [0.5, 0.6) is 0 Å². The molecule has 0 aliphatic carbocycles. The van der Waals surface area contributed by atoms with Crippen molar-refractivity contribution in [1.82, 2.24) is 10.1 Å². The summed E-state index contributed by atoms with van der Waals surface area (Å²) in [6.45, 7) is 1.39. The minimum atomic E-state index is 0.286. The van der Waals surface area contributed by atoms with Gasteiger partial charge in [-0.3, -0.25) is 4.98 Å². The number of nitrogens with one attached hydrogen (secondary N) is 1. The van der Waals surface area contributed by atoms with Crippen LogP contribution in [0.1, 0.15) is 0 Å². The number of methoxy groups -OCH3 is 1. The predicted molar refractivity (Wildman–Crippen MR) is 46.8 cm³/mol. The molecule has 68 valence electrons. The molecule has 0 atom stereocenters. The molecule has 5 nitrogen and oxygen atoms in total. The van der Waals surface area contributed by atoms with Crippen LogP contribution in [0.3, 0.4) is 0 Å². The molecule has 1 aromatic heterocycles. The molecule has 0 saturated carbocycles. The minimum absolute atomic E-state index is 0.286. The van der Waals surface area contributed by atoms with Crippen LogP contribution in [-0.2, 0) is 4.74 Å². The first-order valence-corrected chi connectivity index (χ1v) is 3.91. The van der Waals surface area contributed by atoms with Gasteiger partial charge in [0.2, 0.25) is 5.95 Å². The maximum absolute atomic E-state index is 4.90. The van der Waals surface area contributed by atoms with Gasteiger partial charge >= 0.3 is 0 Å². The number of anilines is 1. The summed E-state index contributed by atoms with van der Waals surface area (Å²) in [6, 6.07) is 0. The van der Waals surface area contributed by atoms with E-state index < -0.39 is 0 Å². The highest BCUT2D eigenvalue weighted by molar-refractivity contribution is 7.71. The van der Waals surface area contributed by atoms with E-state index in [0.717, 1.165) is 6.54 Å². The van der Waals surface area contributed by atoms with Gasteiger partial charge in [-0.25, -0.2) is 0 Å². The molecule has 1 aromatic rings. The molecule has 1 N–H and O–H groups in total. The van der Waals surface area contributed by atoms with Crippen molar-refractivity contribution in [3.05, 3.63) is 4.84 Å². The van der Waals surface area contributed by atoms with Crippen LogP contribution in [0.4, 0.5) is 5.95 Å². The number of hydrogen-bond acceptors (Lipinski definition) is 5. The fourth-order valence-corrected chi connectivity index (χ4v) is 0.849. The number of aromatic amines is 1. The lowest BCUT2D eigenvalue weighted by molar-refractivity contribution is 0.206. The topological polar surface area (TPSA) is 54.3 Å². The third kappa shape index (κ3) is 2.31. The highest BCUT2D eigenvalue weighted by Gasteiger charge is 2.03. The van der Waals surface area contributed by atoms with E-state index in [1.54, 1.807) is 7.11 Å². The lowest BCUT2D eigenvalue weighted by Gasteiger charge is -2.12. The summed E-state index contributed by atoms with van der Waals surface area (Å²) in [4.78, 5) is 4.94. The highest BCUT2D eigenvalue weighted by Crippen LogP contribution is 2.02. The second-order valence-electron chi connectivity index (χ2n) is 2.33. The van der Waals surface area contributed by atoms with Gasteiger partial charge in [-0.05, 0) is 17.4 Å². The fraction of sp³-hybridized carbons (Fsp3) is 0.667. The number of hydrogen-bond donors (Lipinski definition) is 1. The summed E-state index contributed by atoms with van der Waals surface area (Å²) in [5.74, 6) is 0.622. The van der Waals surface area contributed by atoms with Crippen molar-refractivity contribution < 1.29 is 9.26 Å². The number of likely N-dealkylation sites (N-methyl/N-ethyl adjacent to an activating group) is 1. The summed E-state index contributed by atoms with van der Waals surface area (Å²) < 4.78 is 9.59. The van der Waals surface area contributed by atoms with E-state index in [4.69, 9.17) is 21.5 Å². The predicted octanol–water partition coefficient (Wildman–Crippen LogP) is 0.815. The number of H-pyrrole nitrogens is 1. The average molecular weight is 189 g/mol. The van der Waals surface area contributed by atoms with E-state index in [2.05, 4.69) is 10.1 Å². The molecule has 0 bridgehead atoms. The van der Waals surface area contributed by atoms with E-state index in [9.17, 15) is 0 Å². The monoisotopic (exact) mass is 189 g/mol. The summed E-state index contributed by atoms with van der Waals surface area (Å²) in [5.41, 5.74) is 0. The zero-order valence-corrected chi connectivity index (χ0v) is 7.85. The van der Waals surface area contributed by atoms with Crippen molar-refractivity contribution in [2.45, 2.75) is 0 Å². The first-order chi connectivity index (χ1) is 5.74. The number of nitrogens with zero attached hydrogens (tertiary/aromatic N) is 2. The number of rotatable bonds is 4. The molecule has 12 heavy (non-hydrogen) atoms. The van der Waals surface area contributed by atoms with Gasteiger partial charge in [-0.1, -0.05) is 0 Å². The van der Waals surface area contributed by atoms with Crippen molar-refractivity contribution in [1.29, 1.82) is 0 Å². The van der Waals surface area contributed by atoms with Gasteiger partial charge in [0.25, 0.3) is 4.84 Å². The Balaban J connectivity index is 2.53. The Bertz CT molecular complexity index is 282. The molecule has 0 spiro atoms. The van der Waals surface area contributed by atoms with E-state index >= 15 is 0 Å². The molecule has 0 aliphatic heterocycles. The highest BCUT2D eigenvalue weighted by atomic mass is 32.1. The van der Waals surface area contributed by atoms with Crippen LogP contribution < -0.4 is 4.90 Å². The van der Waals surface area contributed by atoms with Gasteiger partial charge in [0.1, 0.15) is 0 Å². The van der Waals surface area contributed by atoms with Gasteiger partial charge in [0, 0.05) is 20.7 Å². The van der Waals surface area contributed by atoms with Crippen LogP contribution in [-0.4, -0.2) is 37.4 Å².